The summed E-state index contributed by atoms with van der Waals surface area (Å²) in [6, 6.07) is 19.8. The van der Waals surface area contributed by atoms with Crippen LogP contribution in [0.25, 0.3) is 5.70 Å². The van der Waals surface area contributed by atoms with E-state index < -0.39 is 11.5 Å². The lowest BCUT2D eigenvalue weighted by atomic mass is 9.82. The van der Waals surface area contributed by atoms with E-state index in [-0.39, 0.29) is 0 Å². The minimum atomic E-state index is -0.909. The number of hydrogen-bond acceptors (Lipinski definition) is 2. The average Bonchev–Trinajstić information content (AvgIpc) is 2.62. The first kappa shape index (κ1) is 15.1. The zero-order valence-corrected chi connectivity index (χ0v) is 13.0. The molecular formula is C20H19NO2. The fraction of sp³-hybridized carbons (Fsp3) is 0.150. The summed E-state index contributed by atoms with van der Waals surface area (Å²) in [5.74, 6) is -0.909. The van der Waals surface area contributed by atoms with E-state index in [4.69, 9.17) is 0 Å². The molecule has 0 radical (unpaired) electrons. The number of hydrogen-bond donors (Lipinski definition) is 2. The van der Waals surface area contributed by atoms with Gasteiger partial charge in [0.05, 0.1) is 11.1 Å². The second-order valence-electron chi connectivity index (χ2n) is 5.64. The zero-order chi connectivity index (χ0) is 16.3. The molecule has 3 heteroatoms. The van der Waals surface area contributed by atoms with Crippen molar-refractivity contribution in [2.45, 2.75) is 18.9 Å². The Morgan fingerprint density at radius 1 is 1.04 bits per heavy atom. The average molecular weight is 305 g/mol. The van der Waals surface area contributed by atoms with Crippen LogP contribution >= 0.6 is 0 Å². The molecule has 23 heavy (non-hydrogen) atoms. The van der Waals surface area contributed by atoms with Crippen LogP contribution in [0.1, 0.15) is 24.5 Å². The van der Waals surface area contributed by atoms with E-state index in [1.54, 1.807) is 6.08 Å². The molecule has 0 spiro atoms. The molecule has 1 heterocycles. The summed E-state index contributed by atoms with van der Waals surface area (Å²) in [6.45, 7) is 2.06. The van der Waals surface area contributed by atoms with Gasteiger partial charge in [0.1, 0.15) is 0 Å². The van der Waals surface area contributed by atoms with Gasteiger partial charge >= 0.3 is 5.97 Å². The van der Waals surface area contributed by atoms with E-state index >= 15 is 0 Å². The Morgan fingerprint density at radius 3 is 2.22 bits per heavy atom. The van der Waals surface area contributed by atoms with Crippen LogP contribution < -0.4 is 5.32 Å². The van der Waals surface area contributed by atoms with Gasteiger partial charge in [0.25, 0.3) is 0 Å². The number of rotatable bonds is 4. The third-order valence-corrected chi connectivity index (χ3v) is 4.24. The second-order valence-corrected chi connectivity index (χ2v) is 5.64. The van der Waals surface area contributed by atoms with Gasteiger partial charge in [-0.15, -0.1) is 0 Å². The standard InChI is InChI=1S/C20H19NO2/c1-2-20(17-11-7-4-8-12-17)14-16(19(22)23)13-18(21-20)15-9-5-3-6-10-15/h3-14,21H,2H2,1H3,(H,22,23). The molecule has 0 saturated carbocycles. The fourth-order valence-corrected chi connectivity index (χ4v) is 2.96. The van der Waals surface area contributed by atoms with Crippen molar-refractivity contribution in [2.24, 2.45) is 0 Å². The first-order valence-electron chi connectivity index (χ1n) is 7.71. The van der Waals surface area contributed by atoms with E-state index in [9.17, 15) is 9.90 Å². The van der Waals surface area contributed by atoms with Crippen LogP contribution in [0.3, 0.4) is 0 Å². The summed E-state index contributed by atoms with van der Waals surface area (Å²) in [6.07, 6.45) is 4.27. The SMILES string of the molecule is CCC1(c2ccccc2)C=C(C(=O)O)C=C(c2ccccc2)N1. The molecule has 2 N–H and O–H groups in total. The van der Waals surface area contributed by atoms with Crippen molar-refractivity contribution in [2.75, 3.05) is 0 Å². The number of aliphatic carboxylic acids is 1. The Hall–Kier alpha value is -2.81. The number of carbonyl (C=O) groups is 1. The molecule has 2 aromatic rings. The molecule has 0 saturated heterocycles. The molecule has 0 fully saturated rings. The number of nitrogens with one attached hydrogen (secondary N) is 1. The second kappa shape index (κ2) is 6.13. The summed E-state index contributed by atoms with van der Waals surface area (Å²) < 4.78 is 0. The van der Waals surface area contributed by atoms with Crippen LogP contribution in [0.4, 0.5) is 0 Å². The Kier molecular flexibility index (Phi) is 4.02. The summed E-state index contributed by atoms with van der Waals surface area (Å²) >= 11 is 0. The normalized spacial score (nSPS) is 20.2. The van der Waals surface area contributed by atoms with Crippen molar-refractivity contribution in [3.05, 3.63) is 89.5 Å². The molecule has 116 valence electrons. The van der Waals surface area contributed by atoms with E-state index in [0.717, 1.165) is 23.2 Å². The van der Waals surface area contributed by atoms with Gasteiger partial charge in [0.2, 0.25) is 0 Å². The molecule has 1 aliphatic rings. The highest BCUT2D eigenvalue weighted by Crippen LogP contribution is 2.35. The van der Waals surface area contributed by atoms with Crippen LogP contribution in [0.5, 0.6) is 0 Å². The van der Waals surface area contributed by atoms with Crippen molar-refractivity contribution in [3.8, 4) is 0 Å². The van der Waals surface area contributed by atoms with Crippen molar-refractivity contribution < 1.29 is 9.90 Å². The zero-order valence-electron chi connectivity index (χ0n) is 13.0. The molecule has 3 nitrogen and oxygen atoms in total. The lowest BCUT2D eigenvalue weighted by Gasteiger charge is -2.37. The Morgan fingerprint density at radius 2 is 1.65 bits per heavy atom. The summed E-state index contributed by atoms with van der Waals surface area (Å²) in [5.41, 5.74) is 2.66. The van der Waals surface area contributed by atoms with Crippen molar-refractivity contribution in [1.29, 1.82) is 0 Å². The maximum absolute atomic E-state index is 11.6. The molecular weight excluding hydrogens is 286 g/mol. The van der Waals surface area contributed by atoms with E-state index in [2.05, 4.69) is 12.2 Å². The highest BCUT2D eigenvalue weighted by Gasteiger charge is 2.33. The van der Waals surface area contributed by atoms with Crippen LogP contribution in [0, 0.1) is 0 Å². The Bertz CT molecular complexity index is 763. The summed E-state index contributed by atoms with van der Waals surface area (Å²) in [5, 5.41) is 13.1. The molecule has 1 unspecified atom stereocenters. The molecule has 0 amide bonds. The Labute approximate surface area is 136 Å². The number of dihydropyridines is 1. The minimum Gasteiger partial charge on any atom is -0.478 e. The lowest BCUT2D eigenvalue weighted by molar-refractivity contribution is -0.132. The van der Waals surface area contributed by atoms with Crippen molar-refractivity contribution >= 4 is 11.7 Å². The maximum atomic E-state index is 11.6. The predicted octanol–water partition coefficient (Wildman–Crippen LogP) is 3.95. The molecule has 1 aliphatic heterocycles. The topological polar surface area (TPSA) is 49.3 Å². The van der Waals surface area contributed by atoms with Gasteiger partial charge in [-0.05, 0) is 29.7 Å². The number of benzene rings is 2. The van der Waals surface area contributed by atoms with Crippen molar-refractivity contribution in [3.63, 3.8) is 0 Å². The fourth-order valence-electron chi connectivity index (χ4n) is 2.96. The first-order valence-corrected chi connectivity index (χ1v) is 7.71. The summed E-state index contributed by atoms with van der Waals surface area (Å²) in [4.78, 5) is 11.6. The first-order chi connectivity index (χ1) is 11.1. The quantitative estimate of drug-likeness (QED) is 0.899. The van der Waals surface area contributed by atoms with Crippen LogP contribution in [0.15, 0.2) is 78.4 Å². The highest BCUT2D eigenvalue weighted by atomic mass is 16.4. The maximum Gasteiger partial charge on any atom is 0.335 e. The van der Waals surface area contributed by atoms with Gasteiger partial charge in [0, 0.05) is 5.70 Å². The third kappa shape index (κ3) is 2.90. The predicted molar refractivity (Wildman–Crippen MR) is 91.7 cm³/mol. The number of carboxylic acids is 1. The summed E-state index contributed by atoms with van der Waals surface area (Å²) in [7, 11) is 0. The smallest absolute Gasteiger partial charge is 0.335 e. The largest absolute Gasteiger partial charge is 0.478 e. The van der Waals surface area contributed by atoms with Gasteiger partial charge in [-0.3, -0.25) is 0 Å². The molecule has 1 atom stereocenters. The molecule has 0 bridgehead atoms. The Balaban J connectivity index is 2.13. The van der Waals surface area contributed by atoms with E-state index in [1.165, 1.54) is 0 Å². The monoisotopic (exact) mass is 305 g/mol. The lowest BCUT2D eigenvalue weighted by Crippen LogP contribution is -2.41. The van der Waals surface area contributed by atoms with E-state index in [0.29, 0.717) is 5.57 Å². The van der Waals surface area contributed by atoms with Crippen LogP contribution in [0.2, 0.25) is 0 Å². The molecule has 2 aromatic carbocycles. The minimum absolute atomic E-state index is 0.313. The number of carboxylic acid groups (broad SMARTS) is 1. The molecule has 0 aromatic heterocycles. The highest BCUT2D eigenvalue weighted by molar-refractivity contribution is 5.94. The van der Waals surface area contributed by atoms with Crippen molar-refractivity contribution in [1.82, 2.24) is 5.32 Å². The van der Waals surface area contributed by atoms with Crippen LogP contribution in [-0.2, 0) is 10.3 Å². The van der Waals surface area contributed by atoms with E-state index in [1.807, 2.05) is 66.7 Å². The van der Waals surface area contributed by atoms with Gasteiger partial charge in [-0.1, -0.05) is 67.6 Å². The van der Waals surface area contributed by atoms with Gasteiger partial charge < -0.3 is 10.4 Å². The third-order valence-electron chi connectivity index (χ3n) is 4.24. The molecule has 0 aliphatic carbocycles. The van der Waals surface area contributed by atoms with Gasteiger partial charge in [0.15, 0.2) is 0 Å². The van der Waals surface area contributed by atoms with Crippen LogP contribution in [-0.4, -0.2) is 11.1 Å². The van der Waals surface area contributed by atoms with Gasteiger partial charge in [-0.25, -0.2) is 4.79 Å². The van der Waals surface area contributed by atoms with Gasteiger partial charge in [-0.2, -0.15) is 0 Å². The molecule has 3 rings (SSSR count).